The van der Waals surface area contributed by atoms with Crippen molar-refractivity contribution in [2.24, 2.45) is 0 Å². The monoisotopic (exact) mass is 623 g/mol. The summed E-state index contributed by atoms with van der Waals surface area (Å²) in [7, 11) is 0. The van der Waals surface area contributed by atoms with E-state index in [2.05, 4.69) is 144 Å². The van der Waals surface area contributed by atoms with Gasteiger partial charge in [-0.3, -0.25) is 0 Å². The molecule has 0 atom stereocenters. The summed E-state index contributed by atoms with van der Waals surface area (Å²) in [6.45, 7) is 0. The van der Waals surface area contributed by atoms with Crippen LogP contribution in [0.15, 0.2) is 156 Å². The van der Waals surface area contributed by atoms with E-state index in [0.29, 0.717) is 0 Å². The topological polar surface area (TPSA) is 16.4 Å². The van der Waals surface area contributed by atoms with Crippen molar-refractivity contribution < 1.29 is 4.42 Å². The van der Waals surface area contributed by atoms with Gasteiger partial charge in [-0.15, -0.1) is 22.7 Å². The van der Waals surface area contributed by atoms with Crippen LogP contribution >= 0.6 is 22.7 Å². The van der Waals surface area contributed by atoms with Gasteiger partial charge in [0, 0.05) is 69.4 Å². The Labute approximate surface area is 273 Å². The van der Waals surface area contributed by atoms with E-state index in [4.69, 9.17) is 4.42 Å². The van der Waals surface area contributed by atoms with Gasteiger partial charge in [0.2, 0.25) is 0 Å². The van der Waals surface area contributed by atoms with E-state index in [0.717, 1.165) is 33.3 Å². The van der Waals surface area contributed by atoms with Gasteiger partial charge in [0.1, 0.15) is 11.2 Å². The molecule has 0 saturated carbocycles. The van der Waals surface area contributed by atoms with Crippen molar-refractivity contribution >= 4 is 102 Å². The number of thiophene rings is 2. The predicted octanol–water partition coefficient (Wildman–Crippen LogP) is 13.5. The van der Waals surface area contributed by atoms with E-state index in [1.165, 1.54) is 57.2 Å². The van der Waals surface area contributed by atoms with E-state index >= 15 is 0 Å². The summed E-state index contributed by atoms with van der Waals surface area (Å²) < 4.78 is 11.6. The first-order valence-corrected chi connectivity index (χ1v) is 17.1. The Hall–Kier alpha value is -5.42. The molecule has 0 aliphatic heterocycles. The molecule has 2 nitrogen and oxygen atoms in total. The maximum absolute atomic E-state index is 6.45. The summed E-state index contributed by atoms with van der Waals surface area (Å²) >= 11 is 3.72. The van der Waals surface area contributed by atoms with E-state index in [1.807, 2.05) is 34.8 Å². The number of fused-ring (bicyclic) bond motifs is 9. The van der Waals surface area contributed by atoms with Crippen LogP contribution in [-0.2, 0) is 0 Å². The van der Waals surface area contributed by atoms with E-state index in [-0.39, 0.29) is 0 Å². The van der Waals surface area contributed by atoms with Crippen molar-refractivity contribution in [3.63, 3.8) is 0 Å². The lowest BCUT2D eigenvalue weighted by atomic mass is 9.99. The Morgan fingerprint density at radius 3 is 1.83 bits per heavy atom. The molecule has 46 heavy (non-hydrogen) atoms. The first-order chi connectivity index (χ1) is 22.8. The van der Waals surface area contributed by atoms with Crippen molar-refractivity contribution in [1.29, 1.82) is 0 Å². The molecule has 0 N–H and O–H groups in total. The number of para-hydroxylation sites is 1. The molecule has 0 aliphatic carbocycles. The molecule has 0 bridgehead atoms. The summed E-state index contributed by atoms with van der Waals surface area (Å²) in [5.41, 5.74) is 7.54. The molecule has 0 unspecified atom stereocenters. The number of furan rings is 1. The van der Waals surface area contributed by atoms with Gasteiger partial charge < -0.3 is 9.32 Å². The zero-order chi connectivity index (χ0) is 30.2. The molecule has 0 spiro atoms. The summed E-state index contributed by atoms with van der Waals surface area (Å²) in [6, 6.07) is 54.8. The molecule has 7 aromatic carbocycles. The highest BCUT2D eigenvalue weighted by molar-refractivity contribution is 7.26. The number of anilines is 3. The van der Waals surface area contributed by atoms with E-state index < -0.39 is 0 Å². The second kappa shape index (κ2) is 10.0. The Balaban J connectivity index is 1.32. The molecule has 0 amide bonds. The first-order valence-electron chi connectivity index (χ1n) is 15.4. The van der Waals surface area contributed by atoms with Gasteiger partial charge in [-0.2, -0.15) is 0 Å². The van der Waals surface area contributed by atoms with Crippen LogP contribution in [0.2, 0.25) is 0 Å². The van der Waals surface area contributed by atoms with Crippen molar-refractivity contribution in [3.8, 4) is 11.1 Å². The van der Waals surface area contributed by atoms with Crippen LogP contribution in [0.25, 0.3) is 73.4 Å². The smallest absolute Gasteiger partial charge is 0.137 e. The average molecular weight is 624 g/mol. The molecule has 0 saturated heterocycles. The highest BCUT2D eigenvalue weighted by Gasteiger charge is 2.24. The van der Waals surface area contributed by atoms with Crippen LogP contribution < -0.4 is 4.90 Å². The molecular weight excluding hydrogens is 599 g/mol. The van der Waals surface area contributed by atoms with Gasteiger partial charge in [-0.1, -0.05) is 103 Å². The summed E-state index contributed by atoms with van der Waals surface area (Å²) in [5, 5.41) is 7.42. The third-order valence-corrected chi connectivity index (χ3v) is 11.4. The Morgan fingerprint density at radius 2 is 1.00 bits per heavy atom. The third kappa shape index (κ3) is 3.87. The molecule has 216 valence electrons. The molecule has 3 heterocycles. The predicted molar refractivity (Wildman–Crippen MR) is 200 cm³/mol. The number of nitrogens with zero attached hydrogens (tertiary/aromatic N) is 1. The highest BCUT2D eigenvalue weighted by atomic mass is 32.1. The molecular formula is C42H25NOS2. The normalized spacial score (nSPS) is 11.9. The fourth-order valence-electron chi connectivity index (χ4n) is 6.96. The minimum absolute atomic E-state index is 0.886. The number of hydrogen-bond donors (Lipinski definition) is 0. The van der Waals surface area contributed by atoms with E-state index in [9.17, 15) is 0 Å². The summed E-state index contributed by atoms with van der Waals surface area (Å²) in [5.74, 6) is 0. The van der Waals surface area contributed by atoms with Gasteiger partial charge in [0.15, 0.2) is 0 Å². The van der Waals surface area contributed by atoms with Crippen LogP contribution in [0.5, 0.6) is 0 Å². The minimum atomic E-state index is 0.886. The summed E-state index contributed by atoms with van der Waals surface area (Å²) in [6.07, 6.45) is 0. The fraction of sp³-hybridized carbons (Fsp3) is 0. The minimum Gasteiger partial charge on any atom is -0.456 e. The van der Waals surface area contributed by atoms with Crippen molar-refractivity contribution in [2.75, 3.05) is 4.90 Å². The second-order valence-electron chi connectivity index (χ2n) is 11.7. The zero-order valence-corrected chi connectivity index (χ0v) is 26.2. The molecule has 3 aromatic heterocycles. The van der Waals surface area contributed by atoms with Crippen LogP contribution in [0.4, 0.5) is 17.1 Å². The molecule has 10 rings (SSSR count). The van der Waals surface area contributed by atoms with Crippen LogP contribution in [-0.4, -0.2) is 0 Å². The quantitative estimate of drug-likeness (QED) is 0.194. The lowest BCUT2D eigenvalue weighted by Crippen LogP contribution is -2.11. The average Bonchev–Trinajstić information content (AvgIpc) is 3.79. The molecule has 0 aliphatic rings. The third-order valence-electron chi connectivity index (χ3n) is 9.07. The molecule has 4 heteroatoms. The Bertz CT molecular complexity index is 2650. The van der Waals surface area contributed by atoms with Gasteiger partial charge in [-0.05, 0) is 48.0 Å². The molecule has 0 radical (unpaired) electrons. The maximum Gasteiger partial charge on any atom is 0.137 e. The van der Waals surface area contributed by atoms with Gasteiger partial charge in [0.05, 0.1) is 10.4 Å². The first kappa shape index (κ1) is 25.9. The molecule has 10 aromatic rings. The largest absolute Gasteiger partial charge is 0.456 e. The Morgan fingerprint density at radius 1 is 0.413 bits per heavy atom. The van der Waals surface area contributed by atoms with Crippen LogP contribution in [0.1, 0.15) is 0 Å². The zero-order valence-electron chi connectivity index (χ0n) is 24.6. The van der Waals surface area contributed by atoms with Crippen molar-refractivity contribution in [3.05, 3.63) is 152 Å². The lowest BCUT2D eigenvalue weighted by molar-refractivity contribution is 0.669. The van der Waals surface area contributed by atoms with Crippen LogP contribution in [0.3, 0.4) is 0 Å². The number of rotatable bonds is 4. The highest BCUT2D eigenvalue weighted by Crippen LogP contribution is 2.51. The van der Waals surface area contributed by atoms with Crippen molar-refractivity contribution in [2.45, 2.75) is 0 Å². The lowest BCUT2D eigenvalue weighted by Gasteiger charge is -2.28. The number of benzene rings is 7. The Kier molecular flexibility index (Phi) is 5.65. The van der Waals surface area contributed by atoms with Gasteiger partial charge >= 0.3 is 0 Å². The van der Waals surface area contributed by atoms with E-state index in [1.54, 1.807) is 0 Å². The fourth-order valence-corrected chi connectivity index (χ4v) is 9.34. The maximum atomic E-state index is 6.45. The molecule has 0 fully saturated rings. The van der Waals surface area contributed by atoms with Gasteiger partial charge in [-0.25, -0.2) is 0 Å². The number of hydrogen-bond acceptors (Lipinski definition) is 4. The van der Waals surface area contributed by atoms with Gasteiger partial charge in [0.25, 0.3) is 0 Å². The van der Waals surface area contributed by atoms with Crippen LogP contribution in [0, 0.1) is 0 Å². The SMILES string of the molecule is c1ccc(-c2ccc3c(sc4ccccc43)c2N(c2ccc3c(c2)oc2ccccc23)c2ccc3c(c2)sc2ccccc23)cc1. The second-order valence-corrected chi connectivity index (χ2v) is 13.8. The van der Waals surface area contributed by atoms with Crippen molar-refractivity contribution in [1.82, 2.24) is 0 Å². The summed E-state index contributed by atoms with van der Waals surface area (Å²) in [4.78, 5) is 2.45. The standard InChI is InChI=1S/C42H25NOS2/c1-2-10-26(11-3-1)29-22-23-35-33-14-6-9-17-39(33)46-42(35)41(29)43(27-18-20-31-30-12-4-7-15-36(30)44-37(31)24-27)28-19-21-34-32-13-5-8-16-38(32)45-40(34)25-28/h1-25H.